The van der Waals surface area contributed by atoms with Gasteiger partial charge in [0.25, 0.3) is 5.91 Å². The van der Waals surface area contributed by atoms with E-state index < -0.39 is 23.7 Å². The molecule has 6 nitrogen and oxygen atoms in total. The van der Waals surface area contributed by atoms with Crippen LogP contribution in [0.5, 0.6) is 0 Å². The maximum Gasteiger partial charge on any atom is 0.328 e. The van der Waals surface area contributed by atoms with Crippen molar-refractivity contribution in [2.24, 2.45) is 0 Å². The number of ether oxygens (including phenoxy) is 1. The molecule has 0 spiro atoms. The van der Waals surface area contributed by atoms with E-state index in [4.69, 9.17) is 4.74 Å². The van der Waals surface area contributed by atoms with Crippen molar-refractivity contribution in [1.29, 1.82) is 0 Å². The van der Waals surface area contributed by atoms with Crippen molar-refractivity contribution in [3.8, 4) is 5.69 Å². The van der Waals surface area contributed by atoms with Crippen LogP contribution in [0.15, 0.2) is 42.7 Å². The van der Waals surface area contributed by atoms with Crippen LogP contribution in [0, 0.1) is 5.82 Å². The Labute approximate surface area is 131 Å². The van der Waals surface area contributed by atoms with Crippen molar-refractivity contribution < 1.29 is 23.8 Å². The molecule has 1 saturated heterocycles. The van der Waals surface area contributed by atoms with Crippen molar-refractivity contribution in [3.05, 3.63) is 54.1 Å². The Morgan fingerprint density at radius 1 is 1.26 bits per heavy atom. The van der Waals surface area contributed by atoms with Crippen LogP contribution in [-0.2, 0) is 9.53 Å². The molecule has 1 aliphatic heterocycles. The van der Waals surface area contributed by atoms with Crippen LogP contribution in [0.2, 0.25) is 0 Å². The molecule has 7 heteroatoms. The van der Waals surface area contributed by atoms with Crippen molar-refractivity contribution >= 4 is 11.9 Å². The maximum absolute atomic E-state index is 14.3. The number of nitrogens with zero attached hydrogens (tertiary/aromatic N) is 2. The Morgan fingerprint density at radius 2 is 2.00 bits per heavy atom. The molecule has 1 atom stereocenters. The first-order valence-electron chi connectivity index (χ1n) is 7.12. The smallest absolute Gasteiger partial charge is 0.328 e. The second-order valence-electron chi connectivity index (χ2n) is 5.18. The Bertz CT molecular complexity index is 730. The molecule has 1 unspecified atom stereocenters. The van der Waals surface area contributed by atoms with Crippen LogP contribution in [-0.4, -0.2) is 52.3 Å². The minimum absolute atomic E-state index is 0.0645. The maximum atomic E-state index is 14.3. The Hall–Kier alpha value is -2.67. The number of benzene rings is 1. The van der Waals surface area contributed by atoms with Crippen molar-refractivity contribution in [3.63, 3.8) is 0 Å². The van der Waals surface area contributed by atoms with Crippen molar-refractivity contribution in [2.75, 3.05) is 19.8 Å². The predicted molar refractivity (Wildman–Crippen MR) is 79.0 cm³/mol. The fraction of sp³-hybridized carbons (Fsp3) is 0.250. The molecule has 0 radical (unpaired) electrons. The normalized spacial score (nSPS) is 18.0. The number of halogens is 1. The summed E-state index contributed by atoms with van der Waals surface area (Å²) >= 11 is 0. The highest BCUT2D eigenvalue weighted by Crippen LogP contribution is 2.18. The minimum Gasteiger partial charge on any atom is -0.480 e. The molecular formula is C16H15FN2O4. The lowest BCUT2D eigenvalue weighted by Crippen LogP contribution is -2.52. The summed E-state index contributed by atoms with van der Waals surface area (Å²) in [6, 6.07) is 6.61. The molecule has 2 heterocycles. The molecule has 0 bridgehead atoms. The van der Waals surface area contributed by atoms with Crippen LogP contribution in [0.3, 0.4) is 0 Å². The third kappa shape index (κ3) is 2.95. The molecule has 120 valence electrons. The average Bonchev–Trinajstić information content (AvgIpc) is 3.08. The zero-order valence-corrected chi connectivity index (χ0v) is 12.2. The van der Waals surface area contributed by atoms with Gasteiger partial charge in [0.2, 0.25) is 0 Å². The number of hydrogen-bond acceptors (Lipinski definition) is 3. The fourth-order valence-electron chi connectivity index (χ4n) is 2.56. The Kier molecular flexibility index (Phi) is 4.12. The summed E-state index contributed by atoms with van der Waals surface area (Å²) in [5.74, 6) is -2.20. The summed E-state index contributed by atoms with van der Waals surface area (Å²) in [6.45, 7) is 0.362. The molecule has 1 aromatic carbocycles. The van der Waals surface area contributed by atoms with Gasteiger partial charge in [0.15, 0.2) is 6.04 Å². The van der Waals surface area contributed by atoms with E-state index in [1.165, 1.54) is 17.0 Å². The average molecular weight is 318 g/mol. The number of carboxylic acids is 1. The Balaban J connectivity index is 1.87. The highest BCUT2D eigenvalue weighted by molar-refractivity contribution is 5.97. The number of carboxylic acid groups (broad SMARTS) is 1. The van der Waals surface area contributed by atoms with E-state index in [9.17, 15) is 19.1 Å². The quantitative estimate of drug-likeness (QED) is 0.932. The number of carbonyl (C=O) groups is 2. The first kappa shape index (κ1) is 15.2. The Morgan fingerprint density at radius 3 is 2.65 bits per heavy atom. The molecule has 23 heavy (non-hydrogen) atoms. The van der Waals surface area contributed by atoms with Crippen LogP contribution in [0.1, 0.15) is 10.4 Å². The van der Waals surface area contributed by atoms with Gasteiger partial charge in [-0.15, -0.1) is 0 Å². The molecule has 1 aromatic heterocycles. The van der Waals surface area contributed by atoms with Gasteiger partial charge < -0.3 is 19.3 Å². The van der Waals surface area contributed by atoms with E-state index >= 15 is 0 Å². The highest BCUT2D eigenvalue weighted by atomic mass is 19.1. The summed E-state index contributed by atoms with van der Waals surface area (Å²) < 4.78 is 21.0. The van der Waals surface area contributed by atoms with Gasteiger partial charge in [-0.1, -0.05) is 0 Å². The molecule has 0 aliphatic carbocycles. The van der Waals surface area contributed by atoms with E-state index in [1.807, 2.05) is 0 Å². The van der Waals surface area contributed by atoms with Crippen LogP contribution >= 0.6 is 0 Å². The summed E-state index contributed by atoms with van der Waals surface area (Å²) in [5.41, 5.74) is 0.440. The third-order valence-electron chi connectivity index (χ3n) is 3.75. The van der Waals surface area contributed by atoms with Gasteiger partial charge in [-0.25, -0.2) is 9.18 Å². The molecule has 1 amide bonds. The highest BCUT2D eigenvalue weighted by Gasteiger charge is 2.33. The van der Waals surface area contributed by atoms with E-state index in [2.05, 4.69) is 0 Å². The molecule has 3 rings (SSSR count). The summed E-state index contributed by atoms with van der Waals surface area (Å²) in [6.07, 6.45) is 3.39. The second-order valence-corrected chi connectivity index (χ2v) is 5.18. The van der Waals surface area contributed by atoms with E-state index in [0.29, 0.717) is 5.69 Å². The number of rotatable bonds is 3. The van der Waals surface area contributed by atoms with Crippen molar-refractivity contribution in [2.45, 2.75) is 6.04 Å². The molecule has 1 fully saturated rings. The predicted octanol–water partition coefficient (Wildman–Crippen LogP) is 1.54. The van der Waals surface area contributed by atoms with Gasteiger partial charge in [0.05, 0.1) is 18.9 Å². The van der Waals surface area contributed by atoms with Gasteiger partial charge in [-0.05, 0) is 30.3 Å². The summed E-state index contributed by atoms with van der Waals surface area (Å²) in [7, 11) is 0. The SMILES string of the molecule is O=C(O)C1COCCN1C(=O)c1ccc(-n2cccc2)c(F)c1. The second kappa shape index (κ2) is 6.21. The lowest BCUT2D eigenvalue weighted by molar-refractivity contribution is -0.147. The van der Waals surface area contributed by atoms with Gasteiger partial charge in [-0.3, -0.25) is 4.79 Å². The van der Waals surface area contributed by atoms with Gasteiger partial charge >= 0.3 is 5.97 Å². The largest absolute Gasteiger partial charge is 0.480 e. The number of aliphatic carboxylic acids is 1. The molecular weight excluding hydrogens is 303 g/mol. The monoisotopic (exact) mass is 318 g/mol. The summed E-state index contributed by atoms with van der Waals surface area (Å²) in [4.78, 5) is 24.9. The summed E-state index contributed by atoms with van der Waals surface area (Å²) in [5, 5.41) is 9.18. The number of amides is 1. The zero-order chi connectivity index (χ0) is 16.4. The minimum atomic E-state index is -1.14. The number of aromatic nitrogens is 1. The molecule has 2 aromatic rings. The number of morpholine rings is 1. The topological polar surface area (TPSA) is 71.8 Å². The van der Waals surface area contributed by atoms with Crippen molar-refractivity contribution in [1.82, 2.24) is 9.47 Å². The standard InChI is InChI=1S/C16H15FN2O4/c17-12-9-11(3-4-13(12)18-5-1-2-6-18)15(20)19-7-8-23-10-14(19)16(21)22/h1-6,9,14H,7-8,10H2,(H,21,22). The molecule has 0 saturated carbocycles. The van der Waals surface area contributed by atoms with Crippen LogP contribution in [0.4, 0.5) is 4.39 Å². The number of carbonyl (C=O) groups excluding carboxylic acids is 1. The van der Waals surface area contributed by atoms with Gasteiger partial charge in [0, 0.05) is 24.5 Å². The lowest BCUT2D eigenvalue weighted by atomic mass is 10.1. The van der Waals surface area contributed by atoms with E-state index in [0.717, 1.165) is 6.07 Å². The first-order chi connectivity index (χ1) is 11.1. The molecule has 1 N–H and O–H groups in total. The van der Waals surface area contributed by atoms with Crippen LogP contribution < -0.4 is 0 Å². The fourth-order valence-corrected chi connectivity index (χ4v) is 2.56. The van der Waals surface area contributed by atoms with E-state index in [-0.39, 0.29) is 25.3 Å². The first-order valence-corrected chi connectivity index (χ1v) is 7.12. The zero-order valence-electron chi connectivity index (χ0n) is 12.2. The lowest BCUT2D eigenvalue weighted by Gasteiger charge is -2.32. The number of hydrogen-bond donors (Lipinski definition) is 1. The third-order valence-corrected chi connectivity index (χ3v) is 3.75. The molecule has 1 aliphatic rings. The van der Waals surface area contributed by atoms with Gasteiger partial charge in [0.1, 0.15) is 5.82 Å². The van der Waals surface area contributed by atoms with E-state index in [1.54, 1.807) is 29.1 Å². The van der Waals surface area contributed by atoms with Gasteiger partial charge in [-0.2, -0.15) is 0 Å². The van der Waals surface area contributed by atoms with Crippen LogP contribution in [0.25, 0.3) is 5.69 Å².